The van der Waals surface area contributed by atoms with E-state index in [2.05, 4.69) is 4.98 Å². The number of aromatic hydroxyl groups is 2. The normalized spacial score (nSPS) is 18.7. The van der Waals surface area contributed by atoms with E-state index in [1.807, 2.05) is 10.8 Å². The second-order valence-electron chi connectivity index (χ2n) is 7.36. The molecular formula is C22H19Cl2N3O4. The summed E-state index contributed by atoms with van der Waals surface area (Å²) in [6, 6.07) is 8.23. The molecule has 2 heterocycles. The third kappa shape index (κ3) is 4.11. The molecule has 0 spiro atoms. The third-order valence-corrected chi connectivity index (χ3v) is 5.91. The number of aromatic nitrogens is 2. The number of benzene rings is 2. The smallest absolute Gasteiger partial charge is 0.291 e. The van der Waals surface area contributed by atoms with Crippen LogP contribution in [0.2, 0.25) is 10.0 Å². The topological polar surface area (TPSA) is 95.7 Å². The van der Waals surface area contributed by atoms with Crippen molar-refractivity contribution in [3.05, 3.63) is 76.3 Å². The Kier molecular flexibility index (Phi) is 5.89. The van der Waals surface area contributed by atoms with Crippen LogP contribution in [-0.2, 0) is 16.1 Å². The largest absolute Gasteiger partial charge is 0.508 e. The Hall–Kier alpha value is -3.03. The summed E-state index contributed by atoms with van der Waals surface area (Å²) in [6.07, 6.45) is 5.73. The van der Waals surface area contributed by atoms with Crippen LogP contribution in [-0.4, -0.2) is 42.9 Å². The van der Waals surface area contributed by atoms with E-state index in [0.29, 0.717) is 24.1 Å². The second-order valence-corrected chi connectivity index (χ2v) is 8.20. The monoisotopic (exact) mass is 459 g/mol. The first-order valence-corrected chi connectivity index (χ1v) is 10.4. The van der Waals surface area contributed by atoms with Gasteiger partial charge in [-0.3, -0.25) is 9.59 Å². The first kappa shape index (κ1) is 21.2. The van der Waals surface area contributed by atoms with Crippen molar-refractivity contribution in [2.75, 3.05) is 6.54 Å². The molecule has 1 aromatic heterocycles. The van der Waals surface area contributed by atoms with E-state index >= 15 is 0 Å². The Balaban J connectivity index is 1.74. The first-order valence-electron chi connectivity index (χ1n) is 9.64. The van der Waals surface area contributed by atoms with Gasteiger partial charge in [0.25, 0.3) is 5.91 Å². The summed E-state index contributed by atoms with van der Waals surface area (Å²) in [5.41, 5.74) is 0.853. The number of rotatable bonds is 6. The minimum atomic E-state index is -0.873. The van der Waals surface area contributed by atoms with Gasteiger partial charge in [-0.2, -0.15) is 0 Å². The van der Waals surface area contributed by atoms with Crippen LogP contribution in [0.3, 0.4) is 0 Å². The number of hydrogen-bond acceptors (Lipinski definition) is 5. The summed E-state index contributed by atoms with van der Waals surface area (Å²) >= 11 is 12.3. The van der Waals surface area contributed by atoms with Crippen molar-refractivity contribution in [1.29, 1.82) is 0 Å². The van der Waals surface area contributed by atoms with Crippen molar-refractivity contribution in [2.24, 2.45) is 0 Å². The standard InChI is InChI=1S/C22H19Cl2N3O4/c23-14-10-16(20(29)17(24)11-14)19-18(13-2-4-15(28)5-3-13)21(30)22(31)27(19)8-1-7-26-9-6-25-12-26/h2-6,9-12,18-19,28-29H,1,7-8H2. The number of imidazole rings is 1. The lowest BCUT2D eigenvalue weighted by Crippen LogP contribution is -2.31. The fraction of sp³-hybridized carbons (Fsp3) is 0.227. The van der Waals surface area contributed by atoms with Gasteiger partial charge in [0, 0.05) is 36.1 Å². The van der Waals surface area contributed by atoms with Crippen LogP contribution in [0, 0.1) is 0 Å². The Bertz CT molecular complexity index is 1120. The highest BCUT2D eigenvalue weighted by molar-refractivity contribution is 6.40. The molecule has 1 aliphatic rings. The molecule has 1 aliphatic heterocycles. The minimum Gasteiger partial charge on any atom is -0.508 e. The first-order chi connectivity index (χ1) is 14.9. The summed E-state index contributed by atoms with van der Waals surface area (Å²) in [6.45, 7) is 0.891. The Morgan fingerprint density at radius 1 is 1.03 bits per heavy atom. The molecule has 7 nitrogen and oxygen atoms in total. The van der Waals surface area contributed by atoms with Crippen molar-refractivity contribution >= 4 is 34.9 Å². The lowest BCUT2D eigenvalue weighted by atomic mass is 9.86. The predicted molar refractivity (Wildman–Crippen MR) is 115 cm³/mol. The Morgan fingerprint density at radius 2 is 1.77 bits per heavy atom. The zero-order valence-corrected chi connectivity index (χ0v) is 17.8. The van der Waals surface area contributed by atoms with Crippen LogP contribution in [0.5, 0.6) is 11.5 Å². The van der Waals surface area contributed by atoms with E-state index in [-0.39, 0.29) is 28.1 Å². The summed E-state index contributed by atoms with van der Waals surface area (Å²) in [7, 11) is 0. The van der Waals surface area contributed by atoms with Gasteiger partial charge < -0.3 is 19.7 Å². The zero-order chi connectivity index (χ0) is 22.1. The van der Waals surface area contributed by atoms with E-state index in [0.717, 1.165) is 0 Å². The lowest BCUT2D eigenvalue weighted by molar-refractivity contribution is -0.140. The number of nitrogens with zero attached hydrogens (tertiary/aromatic N) is 3. The fourth-order valence-electron chi connectivity index (χ4n) is 3.98. The average molecular weight is 460 g/mol. The molecule has 31 heavy (non-hydrogen) atoms. The number of Topliss-reactive ketones (excluding diaryl/α,β-unsaturated/α-hetero) is 1. The summed E-state index contributed by atoms with van der Waals surface area (Å²) in [4.78, 5) is 31.5. The highest BCUT2D eigenvalue weighted by atomic mass is 35.5. The maximum Gasteiger partial charge on any atom is 0.291 e. The van der Waals surface area contributed by atoms with E-state index in [1.165, 1.54) is 29.2 Å². The van der Waals surface area contributed by atoms with Crippen molar-refractivity contribution in [3.8, 4) is 11.5 Å². The zero-order valence-electron chi connectivity index (χ0n) is 16.3. The number of phenols is 2. The van der Waals surface area contributed by atoms with Gasteiger partial charge in [-0.15, -0.1) is 0 Å². The third-order valence-electron chi connectivity index (χ3n) is 5.41. The molecule has 4 rings (SSSR count). The Morgan fingerprint density at radius 3 is 2.45 bits per heavy atom. The van der Waals surface area contributed by atoms with Crippen LogP contribution in [0.1, 0.15) is 29.5 Å². The van der Waals surface area contributed by atoms with Gasteiger partial charge >= 0.3 is 0 Å². The van der Waals surface area contributed by atoms with Gasteiger partial charge in [-0.1, -0.05) is 35.3 Å². The quantitative estimate of drug-likeness (QED) is 0.544. The molecule has 9 heteroatoms. The van der Waals surface area contributed by atoms with Crippen molar-refractivity contribution in [2.45, 2.75) is 24.9 Å². The van der Waals surface area contributed by atoms with Crippen molar-refractivity contribution in [3.63, 3.8) is 0 Å². The van der Waals surface area contributed by atoms with E-state index < -0.39 is 23.7 Å². The molecule has 0 bridgehead atoms. The number of likely N-dealkylation sites (tertiary alicyclic amines) is 1. The highest BCUT2D eigenvalue weighted by Gasteiger charge is 2.49. The van der Waals surface area contributed by atoms with Crippen LogP contribution in [0.15, 0.2) is 55.1 Å². The minimum absolute atomic E-state index is 0.0390. The highest BCUT2D eigenvalue weighted by Crippen LogP contribution is 2.47. The second kappa shape index (κ2) is 8.61. The number of aryl methyl sites for hydroxylation is 1. The van der Waals surface area contributed by atoms with Crippen LogP contribution in [0.25, 0.3) is 0 Å². The summed E-state index contributed by atoms with van der Waals surface area (Å²) in [5.74, 6) is -2.27. The number of phenolic OH excluding ortho intramolecular Hbond substituents is 2. The predicted octanol–water partition coefficient (Wildman–Crippen LogP) is 3.93. The summed E-state index contributed by atoms with van der Waals surface area (Å²) < 4.78 is 1.88. The molecule has 2 unspecified atom stereocenters. The molecule has 2 N–H and O–H groups in total. The Labute approximate surface area is 188 Å². The molecule has 2 atom stereocenters. The molecule has 0 radical (unpaired) electrons. The number of halogens is 2. The molecule has 1 fully saturated rings. The number of carbonyl (C=O) groups is 2. The molecule has 160 valence electrons. The molecule has 0 aliphatic carbocycles. The van der Waals surface area contributed by atoms with Gasteiger partial charge in [0.15, 0.2) is 0 Å². The van der Waals surface area contributed by atoms with E-state index in [9.17, 15) is 19.8 Å². The van der Waals surface area contributed by atoms with Gasteiger partial charge in [0.05, 0.1) is 23.3 Å². The molecule has 0 saturated carbocycles. The average Bonchev–Trinajstić information content (AvgIpc) is 3.34. The molecule has 1 saturated heterocycles. The molecule has 1 amide bonds. The fourth-order valence-corrected chi connectivity index (χ4v) is 4.49. The maximum atomic E-state index is 13.0. The number of hydrogen-bond donors (Lipinski definition) is 2. The van der Waals surface area contributed by atoms with Crippen LogP contribution < -0.4 is 0 Å². The lowest BCUT2D eigenvalue weighted by Gasteiger charge is -2.29. The van der Waals surface area contributed by atoms with Gasteiger partial charge in [-0.25, -0.2) is 4.98 Å². The van der Waals surface area contributed by atoms with Crippen LogP contribution >= 0.6 is 23.2 Å². The van der Waals surface area contributed by atoms with Gasteiger partial charge in [0.1, 0.15) is 11.5 Å². The number of amides is 1. The summed E-state index contributed by atoms with van der Waals surface area (Å²) in [5, 5.41) is 20.6. The van der Waals surface area contributed by atoms with E-state index in [4.69, 9.17) is 23.2 Å². The van der Waals surface area contributed by atoms with Crippen molar-refractivity contribution < 1.29 is 19.8 Å². The molecule has 2 aromatic carbocycles. The van der Waals surface area contributed by atoms with Crippen molar-refractivity contribution in [1.82, 2.24) is 14.5 Å². The van der Waals surface area contributed by atoms with Gasteiger partial charge in [0.2, 0.25) is 5.78 Å². The molecular weight excluding hydrogens is 441 g/mol. The van der Waals surface area contributed by atoms with E-state index in [1.54, 1.807) is 24.7 Å². The number of carbonyl (C=O) groups excluding carboxylic acids is 2. The molecule has 3 aromatic rings. The van der Waals surface area contributed by atoms with Crippen LogP contribution in [0.4, 0.5) is 0 Å². The number of ketones is 1. The SMILES string of the molecule is O=C1C(=O)N(CCCn2ccnc2)C(c2cc(Cl)cc(Cl)c2O)C1c1ccc(O)cc1. The maximum absolute atomic E-state index is 13.0. The van der Waals surface area contributed by atoms with Gasteiger partial charge in [-0.05, 0) is 36.2 Å².